The standard InChI is InChI=1S/C14H21N5O4/c1-15-12(20)7-19-4-5-23-10-14(22,9-19)8-18-13(21)11-6-16-2-3-17-11/h2-3,6,22H,4-5,7-10H2,1H3,(H,15,20)(H,18,21)/t14-/m1/s1. The fourth-order valence-corrected chi connectivity index (χ4v) is 2.27. The quantitative estimate of drug-likeness (QED) is 0.575. The van der Waals surface area contributed by atoms with Crippen LogP contribution in [0.4, 0.5) is 0 Å². The van der Waals surface area contributed by atoms with Gasteiger partial charge in [0.1, 0.15) is 11.3 Å². The Labute approximate surface area is 134 Å². The molecule has 1 aliphatic rings. The van der Waals surface area contributed by atoms with Gasteiger partial charge in [0, 0.05) is 32.5 Å². The second-order valence-corrected chi connectivity index (χ2v) is 5.43. The Kier molecular flexibility index (Phi) is 5.97. The van der Waals surface area contributed by atoms with E-state index in [1.165, 1.54) is 18.6 Å². The third-order valence-electron chi connectivity index (χ3n) is 3.46. The maximum Gasteiger partial charge on any atom is 0.271 e. The van der Waals surface area contributed by atoms with E-state index < -0.39 is 11.5 Å². The molecular weight excluding hydrogens is 302 g/mol. The zero-order valence-electron chi connectivity index (χ0n) is 13.0. The maximum atomic E-state index is 12.0. The summed E-state index contributed by atoms with van der Waals surface area (Å²) >= 11 is 0. The molecule has 0 unspecified atom stereocenters. The predicted octanol–water partition coefficient (Wildman–Crippen LogP) is -1.98. The second kappa shape index (κ2) is 7.95. The van der Waals surface area contributed by atoms with Gasteiger partial charge >= 0.3 is 0 Å². The molecule has 1 aromatic heterocycles. The first-order valence-corrected chi connectivity index (χ1v) is 7.30. The summed E-state index contributed by atoms with van der Waals surface area (Å²) in [6.45, 7) is 1.41. The Morgan fingerprint density at radius 2 is 2.30 bits per heavy atom. The number of nitrogens with one attached hydrogen (secondary N) is 2. The van der Waals surface area contributed by atoms with Crippen molar-refractivity contribution in [3.8, 4) is 0 Å². The number of aromatic nitrogens is 2. The lowest BCUT2D eigenvalue weighted by Crippen LogP contribution is -2.53. The van der Waals surface area contributed by atoms with Crippen LogP contribution in [0.2, 0.25) is 0 Å². The number of rotatable bonds is 5. The van der Waals surface area contributed by atoms with E-state index in [1.54, 1.807) is 11.9 Å². The summed E-state index contributed by atoms with van der Waals surface area (Å²) in [6.07, 6.45) is 4.24. The highest BCUT2D eigenvalue weighted by atomic mass is 16.5. The van der Waals surface area contributed by atoms with Crippen LogP contribution in [0.3, 0.4) is 0 Å². The number of hydrogen-bond acceptors (Lipinski definition) is 7. The number of aliphatic hydroxyl groups is 1. The molecular formula is C14H21N5O4. The molecule has 1 aromatic rings. The molecule has 9 heteroatoms. The topological polar surface area (TPSA) is 117 Å². The Balaban J connectivity index is 1.93. The van der Waals surface area contributed by atoms with Crippen molar-refractivity contribution in [1.82, 2.24) is 25.5 Å². The number of ether oxygens (including phenoxy) is 1. The second-order valence-electron chi connectivity index (χ2n) is 5.43. The molecule has 9 nitrogen and oxygen atoms in total. The lowest BCUT2D eigenvalue weighted by Gasteiger charge is -2.30. The van der Waals surface area contributed by atoms with Crippen molar-refractivity contribution in [3.05, 3.63) is 24.3 Å². The van der Waals surface area contributed by atoms with Crippen LogP contribution in [0.15, 0.2) is 18.6 Å². The zero-order valence-corrected chi connectivity index (χ0v) is 13.0. The smallest absolute Gasteiger partial charge is 0.271 e. The third-order valence-corrected chi connectivity index (χ3v) is 3.46. The third kappa shape index (κ3) is 5.23. The number of carbonyl (C=O) groups excluding carboxylic acids is 2. The van der Waals surface area contributed by atoms with Gasteiger partial charge in [0.2, 0.25) is 5.91 Å². The van der Waals surface area contributed by atoms with E-state index in [0.29, 0.717) is 13.2 Å². The molecule has 1 saturated heterocycles. The molecule has 0 saturated carbocycles. The largest absolute Gasteiger partial charge is 0.384 e. The first kappa shape index (κ1) is 17.3. The lowest BCUT2D eigenvalue weighted by molar-refractivity contribution is -0.122. The molecule has 1 fully saturated rings. The monoisotopic (exact) mass is 323 g/mol. The molecule has 1 atom stereocenters. The number of β-amino-alcohol motifs (C(OH)–C–C–N with tert-alkyl or cyclic N) is 1. The SMILES string of the molecule is CNC(=O)CN1CCOC[C@@](O)(CNC(=O)c2cnccn2)C1. The molecule has 126 valence electrons. The van der Waals surface area contributed by atoms with Crippen LogP contribution >= 0.6 is 0 Å². The summed E-state index contributed by atoms with van der Waals surface area (Å²) in [5, 5.41) is 15.8. The average Bonchev–Trinajstić information content (AvgIpc) is 2.75. The van der Waals surface area contributed by atoms with Gasteiger partial charge in [-0.1, -0.05) is 0 Å². The van der Waals surface area contributed by atoms with Crippen molar-refractivity contribution in [2.75, 3.05) is 46.4 Å². The van der Waals surface area contributed by atoms with Crippen molar-refractivity contribution in [2.24, 2.45) is 0 Å². The first-order chi connectivity index (χ1) is 11.0. The minimum Gasteiger partial charge on any atom is -0.384 e. The molecule has 0 aliphatic carbocycles. The zero-order chi connectivity index (χ0) is 16.7. The van der Waals surface area contributed by atoms with Crippen LogP contribution < -0.4 is 10.6 Å². The van der Waals surface area contributed by atoms with E-state index in [4.69, 9.17) is 4.74 Å². The highest BCUT2D eigenvalue weighted by Gasteiger charge is 2.33. The van der Waals surface area contributed by atoms with Gasteiger partial charge in [0.15, 0.2) is 0 Å². The molecule has 23 heavy (non-hydrogen) atoms. The molecule has 2 amide bonds. The van der Waals surface area contributed by atoms with Crippen molar-refractivity contribution in [3.63, 3.8) is 0 Å². The van der Waals surface area contributed by atoms with E-state index in [0.717, 1.165) is 0 Å². The minimum absolute atomic E-state index is 0.00729. The Bertz CT molecular complexity index is 541. The number of carbonyl (C=O) groups is 2. The highest BCUT2D eigenvalue weighted by molar-refractivity contribution is 5.91. The van der Waals surface area contributed by atoms with Crippen LogP contribution in [0.25, 0.3) is 0 Å². The summed E-state index contributed by atoms with van der Waals surface area (Å²) in [4.78, 5) is 33.0. The molecule has 3 N–H and O–H groups in total. The van der Waals surface area contributed by atoms with E-state index in [-0.39, 0.29) is 37.8 Å². The Morgan fingerprint density at radius 1 is 1.48 bits per heavy atom. The minimum atomic E-state index is -1.28. The fourth-order valence-electron chi connectivity index (χ4n) is 2.27. The molecule has 2 rings (SSSR count). The Hall–Kier alpha value is -2.10. The maximum absolute atomic E-state index is 12.0. The molecule has 0 bridgehead atoms. The van der Waals surface area contributed by atoms with Crippen LogP contribution in [0.1, 0.15) is 10.5 Å². The molecule has 1 aliphatic heterocycles. The molecule has 0 aromatic carbocycles. The van der Waals surface area contributed by atoms with Gasteiger partial charge in [-0.2, -0.15) is 0 Å². The summed E-state index contributed by atoms with van der Waals surface area (Å²) in [7, 11) is 1.56. The fraction of sp³-hybridized carbons (Fsp3) is 0.571. The van der Waals surface area contributed by atoms with E-state index in [1.807, 2.05) is 0 Å². The Morgan fingerprint density at radius 3 is 3.00 bits per heavy atom. The predicted molar refractivity (Wildman–Crippen MR) is 80.6 cm³/mol. The van der Waals surface area contributed by atoms with Gasteiger partial charge in [0.05, 0.1) is 32.5 Å². The van der Waals surface area contributed by atoms with E-state index >= 15 is 0 Å². The molecule has 2 heterocycles. The van der Waals surface area contributed by atoms with E-state index in [2.05, 4.69) is 20.6 Å². The number of hydrogen-bond donors (Lipinski definition) is 3. The number of likely N-dealkylation sites (N-methyl/N-ethyl adjacent to an activating group) is 1. The van der Waals surface area contributed by atoms with Crippen LogP contribution in [0, 0.1) is 0 Å². The molecule has 0 radical (unpaired) electrons. The van der Waals surface area contributed by atoms with Crippen molar-refractivity contribution in [2.45, 2.75) is 5.60 Å². The normalized spacial score (nSPS) is 22.2. The van der Waals surface area contributed by atoms with Crippen molar-refractivity contribution < 1.29 is 19.4 Å². The summed E-state index contributed by atoms with van der Waals surface area (Å²) < 4.78 is 5.39. The van der Waals surface area contributed by atoms with Gasteiger partial charge in [-0.05, 0) is 0 Å². The number of nitrogens with zero attached hydrogens (tertiary/aromatic N) is 3. The van der Waals surface area contributed by atoms with Crippen molar-refractivity contribution >= 4 is 11.8 Å². The van der Waals surface area contributed by atoms with Crippen LogP contribution in [-0.2, 0) is 9.53 Å². The first-order valence-electron chi connectivity index (χ1n) is 7.30. The van der Waals surface area contributed by atoms with Crippen LogP contribution in [-0.4, -0.2) is 83.8 Å². The summed E-state index contributed by atoms with van der Waals surface area (Å²) in [5.41, 5.74) is -1.10. The average molecular weight is 323 g/mol. The van der Waals surface area contributed by atoms with E-state index in [9.17, 15) is 14.7 Å². The van der Waals surface area contributed by atoms with Gasteiger partial charge in [-0.3, -0.25) is 19.5 Å². The van der Waals surface area contributed by atoms with Gasteiger partial charge < -0.3 is 20.5 Å². The highest BCUT2D eigenvalue weighted by Crippen LogP contribution is 2.11. The van der Waals surface area contributed by atoms with Crippen LogP contribution in [0.5, 0.6) is 0 Å². The van der Waals surface area contributed by atoms with Gasteiger partial charge in [-0.15, -0.1) is 0 Å². The lowest BCUT2D eigenvalue weighted by atomic mass is 10.0. The summed E-state index contributed by atoms with van der Waals surface area (Å²) in [6, 6.07) is 0. The van der Waals surface area contributed by atoms with Crippen molar-refractivity contribution in [1.29, 1.82) is 0 Å². The van der Waals surface area contributed by atoms with Gasteiger partial charge in [-0.25, -0.2) is 4.98 Å². The number of amides is 2. The summed E-state index contributed by atoms with van der Waals surface area (Å²) in [5.74, 6) is -0.563. The van der Waals surface area contributed by atoms with Gasteiger partial charge in [0.25, 0.3) is 5.91 Å². The molecule has 0 spiro atoms.